The predicted octanol–water partition coefficient (Wildman–Crippen LogP) is 7.08. The second-order valence-electron chi connectivity index (χ2n) is 15.4. The number of thioether (sulfide) groups is 1. The summed E-state index contributed by atoms with van der Waals surface area (Å²) in [7, 11) is 0. The maximum Gasteiger partial charge on any atom is 0.322 e. The van der Waals surface area contributed by atoms with E-state index in [1.165, 1.54) is 47.9 Å². The van der Waals surface area contributed by atoms with Gasteiger partial charge in [0, 0.05) is 63.5 Å². The molecule has 3 fully saturated rings. The molecule has 2 aromatic rings. The fourth-order valence-corrected chi connectivity index (χ4v) is 9.63. The first-order chi connectivity index (χ1) is 22.9. The number of benzene rings is 1. The van der Waals surface area contributed by atoms with Gasteiger partial charge >= 0.3 is 6.03 Å². The Morgan fingerprint density at radius 1 is 1.02 bits per heavy atom. The predicted molar refractivity (Wildman–Crippen MR) is 197 cm³/mol. The number of carbonyl (C=O) groups is 3. The van der Waals surface area contributed by atoms with Crippen LogP contribution in [-0.2, 0) is 16.0 Å². The monoisotopic (exact) mass is 696 g/mol. The molecule has 4 aliphatic heterocycles. The van der Waals surface area contributed by atoms with Crippen LogP contribution in [0, 0.1) is 11.3 Å². The molecule has 4 amide bonds. The van der Waals surface area contributed by atoms with Crippen molar-refractivity contribution in [3.05, 3.63) is 45.9 Å². The number of likely N-dealkylation sites (tertiary alicyclic amines) is 2. The third-order valence-corrected chi connectivity index (χ3v) is 12.5. The van der Waals surface area contributed by atoms with E-state index in [0.717, 1.165) is 63.5 Å². The second-order valence-corrected chi connectivity index (χ2v) is 17.6. The Morgan fingerprint density at radius 3 is 2.40 bits per heavy atom. The van der Waals surface area contributed by atoms with Crippen molar-refractivity contribution in [2.24, 2.45) is 11.3 Å². The first-order valence-electron chi connectivity index (χ1n) is 17.9. The first kappa shape index (κ1) is 36.6. The van der Waals surface area contributed by atoms with Gasteiger partial charge in [0.1, 0.15) is 5.37 Å². The maximum absolute atomic E-state index is 12.4. The van der Waals surface area contributed by atoms with Crippen LogP contribution in [0.3, 0.4) is 0 Å². The number of urea groups is 1. The number of nitrogens with zero attached hydrogens (tertiary/aromatic N) is 5. The third-order valence-electron chi connectivity index (χ3n) is 9.91. The van der Waals surface area contributed by atoms with Gasteiger partial charge in [0.15, 0.2) is 0 Å². The number of thiazole rings is 1. The molecule has 1 aromatic heterocycles. The van der Waals surface area contributed by atoms with Crippen molar-refractivity contribution in [2.75, 3.05) is 56.9 Å². The van der Waals surface area contributed by atoms with Crippen LogP contribution in [0.25, 0.3) is 0 Å². The molecule has 6 rings (SSSR count). The van der Waals surface area contributed by atoms with E-state index in [9.17, 15) is 14.4 Å². The molecule has 1 N–H and O–H groups in total. The molecule has 3 saturated heterocycles. The topological polar surface area (TPSA) is 89.1 Å². The third kappa shape index (κ3) is 9.75. The molecule has 1 unspecified atom stereocenters. The summed E-state index contributed by atoms with van der Waals surface area (Å²) in [6.07, 6.45) is 8.11. The average molecular weight is 697 g/mol. The van der Waals surface area contributed by atoms with Crippen molar-refractivity contribution >= 4 is 46.6 Å². The average Bonchev–Trinajstić information content (AvgIpc) is 3.63. The summed E-state index contributed by atoms with van der Waals surface area (Å²) < 4.78 is 0. The van der Waals surface area contributed by atoms with Crippen LogP contribution in [0.1, 0.15) is 100 Å². The van der Waals surface area contributed by atoms with Gasteiger partial charge < -0.3 is 24.9 Å². The number of fused-ring (bicyclic) bond motifs is 1. The van der Waals surface area contributed by atoms with Gasteiger partial charge in [-0.1, -0.05) is 52.8 Å². The maximum atomic E-state index is 12.4. The van der Waals surface area contributed by atoms with E-state index in [1.54, 1.807) is 18.7 Å². The molecule has 0 bridgehead atoms. The van der Waals surface area contributed by atoms with E-state index in [0.29, 0.717) is 11.7 Å². The van der Waals surface area contributed by atoms with Gasteiger partial charge in [0.05, 0.1) is 15.6 Å². The number of anilines is 1. The molecular formula is C37H56N6O3S2. The van der Waals surface area contributed by atoms with E-state index in [4.69, 9.17) is 4.98 Å². The number of nitrogens with one attached hydrogen (secondary N) is 1. The minimum atomic E-state index is -0.0128. The van der Waals surface area contributed by atoms with Crippen molar-refractivity contribution in [3.8, 4) is 0 Å². The zero-order valence-electron chi connectivity index (χ0n) is 29.9. The van der Waals surface area contributed by atoms with Crippen LogP contribution < -0.4 is 5.32 Å². The molecule has 5 heterocycles. The van der Waals surface area contributed by atoms with E-state index >= 15 is 0 Å². The standard InChI is InChI=1S/C21H35N3OS2.C16H21N3O2/c1-15(2)13-23-9-6-16(7-10-23)19-22-12-17(27-19)20-24(18(25)14-26-20)11-8-21(3,4)5;1-12(20)18-9-7-14(8-10-18)19-11-6-13-4-2-3-5-15(13)17-16(19)21/h12,15-16,20H,6-11,13-14H2,1-5H3;2-5,14H,6-11H2,1H3,(H,17,21). The number of amides is 4. The van der Waals surface area contributed by atoms with Crippen LogP contribution in [0.2, 0.25) is 0 Å². The Morgan fingerprint density at radius 2 is 1.73 bits per heavy atom. The quantitative estimate of drug-likeness (QED) is 0.333. The van der Waals surface area contributed by atoms with Gasteiger partial charge in [-0.2, -0.15) is 0 Å². The molecular weight excluding hydrogens is 641 g/mol. The van der Waals surface area contributed by atoms with Gasteiger partial charge in [-0.05, 0) is 74.6 Å². The lowest BCUT2D eigenvalue weighted by Gasteiger charge is -2.37. The zero-order chi connectivity index (χ0) is 34.4. The second kappa shape index (κ2) is 16.4. The number of aromatic nitrogens is 1. The van der Waals surface area contributed by atoms with Crippen LogP contribution in [0.5, 0.6) is 0 Å². The van der Waals surface area contributed by atoms with Gasteiger partial charge in [0.2, 0.25) is 11.8 Å². The molecule has 9 nitrogen and oxygen atoms in total. The van der Waals surface area contributed by atoms with Crippen LogP contribution in [-0.4, -0.2) is 100 Å². The molecule has 4 aliphatic rings. The van der Waals surface area contributed by atoms with Crippen LogP contribution >= 0.6 is 23.1 Å². The molecule has 0 spiro atoms. The van der Waals surface area contributed by atoms with Crippen LogP contribution in [0.4, 0.5) is 10.5 Å². The lowest BCUT2D eigenvalue weighted by molar-refractivity contribution is -0.130. The van der Waals surface area contributed by atoms with Crippen molar-refractivity contribution < 1.29 is 14.4 Å². The Kier molecular flexibility index (Phi) is 12.5. The lowest BCUT2D eigenvalue weighted by atomic mass is 9.92. The Hall–Kier alpha value is -2.63. The SMILES string of the molecule is CC(=O)N1CCC(N2CCc3ccccc3NC2=O)CC1.CC(C)CN1CCC(c2ncc(C3SCC(=O)N3CCC(C)(C)C)s2)CC1. The zero-order valence-corrected chi connectivity index (χ0v) is 31.5. The number of carbonyl (C=O) groups excluding carboxylic acids is 3. The van der Waals surface area contributed by atoms with Gasteiger partial charge in [-0.15, -0.1) is 23.1 Å². The summed E-state index contributed by atoms with van der Waals surface area (Å²) in [5.41, 5.74) is 2.36. The number of piperidine rings is 2. The minimum absolute atomic E-state index is 0.0128. The molecule has 11 heteroatoms. The summed E-state index contributed by atoms with van der Waals surface area (Å²) in [6.45, 7) is 19.6. The Labute approximate surface area is 296 Å². The van der Waals surface area contributed by atoms with Gasteiger partial charge in [-0.3, -0.25) is 9.59 Å². The molecule has 264 valence electrons. The highest BCUT2D eigenvalue weighted by molar-refractivity contribution is 8.00. The summed E-state index contributed by atoms with van der Waals surface area (Å²) in [6, 6.07) is 8.19. The fourth-order valence-electron chi connectivity index (χ4n) is 7.10. The molecule has 1 atom stereocenters. The fraction of sp³-hybridized carbons (Fsp3) is 0.676. The van der Waals surface area contributed by atoms with E-state index < -0.39 is 0 Å². The first-order valence-corrected chi connectivity index (χ1v) is 19.7. The van der Waals surface area contributed by atoms with Crippen molar-refractivity contribution in [2.45, 2.75) is 97.4 Å². The largest absolute Gasteiger partial charge is 0.343 e. The number of hydrogen-bond donors (Lipinski definition) is 1. The summed E-state index contributed by atoms with van der Waals surface area (Å²) in [4.78, 5) is 50.7. The van der Waals surface area contributed by atoms with Gasteiger partial charge in [0.25, 0.3) is 0 Å². The van der Waals surface area contributed by atoms with Gasteiger partial charge in [-0.25, -0.2) is 9.78 Å². The van der Waals surface area contributed by atoms with E-state index in [-0.39, 0.29) is 34.7 Å². The highest BCUT2D eigenvalue weighted by Crippen LogP contribution is 2.43. The van der Waals surface area contributed by atoms with E-state index in [1.807, 2.05) is 45.5 Å². The Bertz CT molecular complexity index is 1390. The molecule has 0 saturated carbocycles. The molecule has 0 radical (unpaired) electrons. The molecule has 48 heavy (non-hydrogen) atoms. The van der Waals surface area contributed by atoms with Crippen molar-refractivity contribution in [3.63, 3.8) is 0 Å². The Balaban J connectivity index is 0.000000194. The highest BCUT2D eigenvalue weighted by atomic mass is 32.2. The summed E-state index contributed by atoms with van der Waals surface area (Å²) in [5.74, 6) is 2.35. The smallest absolute Gasteiger partial charge is 0.322 e. The van der Waals surface area contributed by atoms with E-state index in [2.05, 4.69) is 55.8 Å². The number of para-hydroxylation sites is 1. The summed E-state index contributed by atoms with van der Waals surface area (Å²) in [5, 5.41) is 4.47. The van der Waals surface area contributed by atoms with Crippen molar-refractivity contribution in [1.29, 1.82) is 0 Å². The minimum Gasteiger partial charge on any atom is -0.343 e. The normalized spacial score (nSPS) is 21.6. The van der Waals surface area contributed by atoms with Crippen LogP contribution in [0.15, 0.2) is 30.5 Å². The highest BCUT2D eigenvalue weighted by Gasteiger charge is 2.35. The number of rotatable bonds is 7. The summed E-state index contributed by atoms with van der Waals surface area (Å²) >= 11 is 3.61. The molecule has 1 aromatic carbocycles. The number of hydrogen-bond acceptors (Lipinski definition) is 7. The molecule has 0 aliphatic carbocycles. The lowest BCUT2D eigenvalue weighted by Crippen LogP contribution is -2.49. The van der Waals surface area contributed by atoms with Crippen molar-refractivity contribution in [1.82, 2.24) is 24.6 Å².